The first kappa shape index (κ1) is 25.3. The average Bonchev–Trinajstić information content (AvgIpc) is 3.22. The molecule has 0 saturated carbocycles. The number of carbonyl (C=O) groups excluding carboxylic acids is 3. The lowest BCUT2D eigenvalue weighted by atomic mass is 10.2. The van der Waals surface area contributed by atoms with Crippen LogP contribution in [-0.2, 0) is 9.59 Å². The number of aryl methyl sites for hydroxylation is 1. The SMILES string of the molecule is Cc1cc(/C=C2\SC(=O)N(CC(=O)Nc3ccc(F)c(Cl)c3)C2=O)c(C)n1-c1ccc(Cl)c(Cl)c1. The Hall–Kier alpha value is -2.78. The van der Waals surface area contributed by atoms with Gasteiger partial charge in [-0.3, -0.25) is 19.3 Å². The largest absolute Gasteiger partial charge is 0.324 e. The predicted octanol–water partition coefficient (Wildman–Crippen LogP) is 6.87. The van der Waals surface area contributed by atoms with Gasteiger partial charge in [-0.15, -0.1) is 0 Å². The third kappa shape index (κ3) is 5.26. The van der Waals surface area contributed by atoms with Crippen LogP contribution in [0, 0.1) is 19.7 Å². The van der Waals surface area contributed by atoms with Gasteiger partial charge >= 0.3 is 0 Å². The fourth-order valence-electron chi connectivity index (χ4n) is 3.65. The number of aromatic nitrogens is 1. The van der Waals surface area contributed by atoms with Crippen LogP contribution < -0.4 is 5.32 Å². The highest BCUT2D eigenvalue weighted by Crippen LogP contribution is 2.34. The number of benzene rings is 2. The molecule has 1 aromatic heterocycles. The Morgan fingerprint density at radius 3 is 2.46 bits per heavy atom. The predicted molar refractivity (Wildman–Crippen MR) is 138 cm³/mol. The van der Waals surface area contributed by atoms with Crippen LogP contribution in [0.5, 0.6) is 0 Å². The Kier molecular flexibility index (Phi) is 7.28. The highest BCUT2D eigenvalue weighted by atomic mass is 35.5. The molecule has 1 fully saturated rings. The van der Waals surface area contributed by atoms with Gasteiger partial charge in [0, 0.05) is 22.8 Å². The minimum Gasteiger partial charge on any atom is -0.324 e. The Balaban J connectivity index is 1.53. The molecule has 11 heteroatoms. The lowest BCUT2D eigenvalue weighted by Crippen LogP contribution is -2.36. The fraction of sp³-hybridized carbons (Fsp3) is 0.125. The van der Waals surface area contributed by atoms with Crippen LogP contribution in [0.15, 0.2) is 47.4 Å². The molecular formula is C24H17Cl3FN3O3S. The minimum atomic E-state index is -0.626. The summed E-state index contributed by atoms with van der Waals surface area (Å²) >= 11 is 18.7. The molecule has 1 aliphatic heterocycles. The number of hydrogen-bond acceptors (Lipinski definition) is 4. The van der Waals surface area contributed by atoms with Crippen molar-refractivity contribution in [3.05, 3.63) is 85.2 Å². The summed E-state index contributed by atoms with van der Waals surface area (Å²) in [7, 11) is 0. The van der Waals surface area contributed by atoms with Gasteiger partial charge in [0.25, 0.3) is 11.1 Å². The monoisotopic (exact) mass is 551 g/mol. The summed E-state index contributed by atoms with van der Waals surface area (Å²) in [6, 6.07) is 10.8. The molecule has 180 valence electrons. The van der Waals surface area contributed by atoms with Crippen molar-refractivity contribution in [1.82, 2.24) is 9.47 Å². The van der Waals surface area contributed by atoms with Crippen molar-refractivity contribution < 1.29 is 18.8 Å². The van der Waals surface area contributed by atoms with Crippen molar-refractivity contribution in [2.75, 3.05) is 11.9 Å². The van der Waals surface area contributed by atoms with Gasteiger partial charge in [0.15, 0.2) is 0 Å². The molecule has 3 amide bonds. The van der Waals surface area contributed by atoms with Crippen molar-refractivity contribution in [3.8, 4) is 5.69 Å². The van der Waals surface area contributed by atoms with Crippen LogP contribution in [-0.4, -0.2) is 33.1 Å². The number of anilines is 1. The zero-order valence-corrected chi connectivity index (χ0v) is 21.4. The Bertz CT molecular complexity index is 1420. The van der Waals surface area contributed by atoms with Gasteiger partial charge in [0.05, 0.1) is 20.0 Å². The molecule has 0 bridgehead atoms. The van der Waals surface area contributed by atoms with E-state index in [1.165, 1.54) is 12.1 Å². The maximum atomic E-state index is 13.3. The maximum Gasteiger partial charge on any atom is 0.294 e. The summed E-state index contributed by atoms with van der Waals surface area (Å²) < 4.78 is 15.3. The van der Waals surface area contributed by atoms with E-state index in [0.717, 1.165) is 45.4 Å². The minimum absolute atomic E-state index is 0.157. The molecule has 0 aliphatic carbocycles. The normalized spacial score (nSPS) is 14.8. The van der Waals surface area contributed by atoms with Crippen molar-refractivity contribution >= 4 is 75.4 Å². The molecule has 1 aliphatic rings. The molecule has 2 aromatic carbocycles. The molecule has 1 N–H and O–H groups in total. The second-order valence-corrected chi connectivity index (χ2v) is 9.92. The third-order valence-electron chi connectivity index (χ3n) is 5.30. The van der Waals surface area contributed by atoms with E-state index in [2.05, 4.69) is 5.32 Å². The fourth-order valence-corrected chi connectivity index (χ4v) is 4.95. The quantitative estimate of drug-likeness (QED) is 0.351. The highest BCUT2D eigenvalue weighted by Gasteiger charge is 2.36. The second kappa shape index (κ2) is 10.1. The lowest BCUT2D eigenvalue weighted by Gasteiger charge is -2.12. The van der Waals surface area contributed by atoms with Crippen LogP contribution in [0.4, 0.5) is 14.9 Å². The number of halogens is 4. The zero-order chi connectivity index (χ0) is 25.4. The number of carbonyl (C=O) groups is 3. The maximum absolute atomic E-state index is 13.3. The first-order valence-corrected chi connectivity index (χ1v) is 12.1. The first-order valence-electron chi connectivity index (χ1n) is 10.2. The van der Waals surface area contributed by atoms with E-state index in [0.29, 0.717) is 10.0 Å². The van der Waals surface area contributed by atoms with Crippen LogP contribution >= 0.6 is 46.6 Å². The van der Waals surface area contributed by atoms with E-state index in [1.54, 1.807) is 18.2 Å². The molecule has 4 rings (SSSR count). The molecule has 2 heterocycles. The van der Waals surface area contributed by atoms with E-state index >= 15 is 0 Å². The number of hydrogen-bond donors (Lipinski definition) is 1. The molecule has 0 radical (unpaired) electrons. The second-order valence-electron chi connectivity index (χ2n) is 7.71. The van der Waals surface area contributed by atoms with Gasteiger partial charge in [-0.25, -0.2) is 4.39 Å². The van der Waals surface area contributed by atoms with Crippen LogP contribution in [0.2, 0.25) is 15.1 Å². The molecule has 35 heavy (non-hydrogen) atoms. The van der Waals surface area contributed by atoms with Crippen molar-refractivity contribution in [2.45, 2.75) is 13.8 Å². The van der Waals surface area contributed by atoms with Crippen LogP contribution in [0.3, 0.4) is 0 Å². The lowest BCUT2D eigenvalue weighted by molar-refractivity contribution is -0.127. The van der Waals surface area contributed by atoms with E-state index in [-0.39, 0.29) is 15.6 Å². The summed E-state index contributed by atoms with van der Waals surface area (Å²) in [5, 5.41) is 2.64. The standard InChI is InChI=1S/C24H17Cl3FN3O3S/c1-12-7-14(13(2)31(12)16-4-5-17(25)18(26)10-16)8-21-23(33)30(24(34)35-21)11-22(32)29-15-3-6-20(28)19(27)9-15/h3-10H,11H2,1-2H3,(H,29,32)/b21-8-. The number of imide groups is 1. The van der Waals surface area contributed by atoms with Crippen LogP contribution in [0.1, 0.15) is 17.0 Å². The van der Waals surface area contributed by atoms with Gasteiger partial charge in [-0.1, -0.05) is 34.8 Å². The smallest absolute Gasteiger partial charge is 0.294 e. The molecule has 6 nitrogen and oxygen atoms in total. The van der Waals surface area contributed by atoms with E-state index in [1.807, 2.05) is 30.5 Å². The number of nitrogens with zero attached hydrogens (tertiary/aromatic N) is 2. The summed E-state index contributed by atoms with van der Waals surface area (Å²) in [5.74, 6) is -1.82. The van der Waals surface area contributed by atoms with Crippen LogP contribution in [0.25, 0.3) is 11.8 Å². The average molecular weight is 553 g/mol. The molecular weight excluding hydrogens is 536 g/mol. The van der Waals surface area contributed by atoms with E-state index in [9.17, 15) is 18.8 Å². The summed E-state index contributed by atoms with van der Waals surface area (Å²) in [5.41, 5.74) is 3.52. The van der Waals surface area contributed by atoms with Gasteiger partial charge in [0.2, 0.25) is 5.91 Å². The Morgan fingerprint density at radius 1 is 1.03 bits per heavy atom. The Labute approximate surface area is 219 Å². The highest BCUT2D eigenvalue weighted by molar-refractivity contribution is 8.18. The molecule has 0 atom stereocenters. The van der Waals surface area contributed by atoms with Crippen molar-refractivity contribution in [3.63, 3.8) is 0 Å². The first-order chi connectivity index (χ1) is 16.5. The number of amides is 3. The topological polar surface area (TPSA) is 71.4 Å². The number of nitrogens with one attached hydrogen (secondary N) is 1. The molecule has 1 saturated heterocycles. The van der Waals surface area contributed by atoms with Gasteiger partial charge < -0.3 is 9.88 Å². The summed E-state index contributed by atoms with van der Waals surface area (Å²) in [4.78, 5) is 38.8. The van der Waals surface area contributed by atoms with E-state index in [4.69, 9.17) is 34.8 Å². The third-order valence-corrected chi connectivity index (χ3v) is 7.23. The van der Waals surface area contributed by atoms with E-state index < -0.39 is 29.4 Å². The van der Waals surface area contributed by atoms with Gasteiger partial charge in [-0.05, 0) is 79.7 Å². The Morgan fingerprint density at radius 2 is 1.77 bits per heavy atom. The van der Waals surface area contributed by atoms with Gasteiger partial charge in [-0.2, -0.15) is 0 Å². The molecule has 3 aromatic rings. The number of rotatable bonds is 5. The van der Waals surface area contributed by atoms with Crippen molar-refractivity contribution in [2.24, 2.45) is 0 Å². The summed E-state index contributed by atoms with van der Waals surface area (Å²) in [6.07, 6.45) is 1.62. The molecule has 0 unspecified atom stereocenters. The van der Waals surface area contributed by atoms with Crippen molar-refractivity contribution in [1.29, 1.82) is 0 Å². The number of thioether (sulfide) groups is 1. The summed E-state index contributed by atoms with van der Waals surface area (Å²) in [6.45, 7) is 3.30. The molecule has 0 spiro atoms. The zero-order valence-electron chi connectivity index (χ0n) is 18.4. The van der Waals surface area contributed by atoms with Gasteiger partial charge in [0.1, 0.15) is 12.4 Å².